The Morgan fingerprint density at radius 2 is 1.79 bits per heavy atom. The Kier molecular flexibility index (Phi) is 5.43. The zero-order valence-corrected chi connectivity index (χ0v) is 20.8. The Morgan fingerprint density at radius 3 is 2.66 bits per heavy atom. The summed E-state index contributed by atoms with van der Waals surface area (Å²) in [7, 11) is 0. The van der Waals surface area contributed by atoms with Gasteiger partial charge in [-0.15, -0.1) is 0 Å². The number of anilines is 1. The molecule has 1 aliphatic rings. The minimum absolute atomic E-state index is 0.534. The van der Waals surface area contributed by atoms with Gasteiger partial charge < -0.3 is 10.3 Å². The Hall–Kier alpha value is -4.85. The summed E-state index contributed by atoms with van der Waals surface area (Å²) in [5.74, 6) is 0.534. The van der Waals surface area contributed by atoms with E-state index in [2.05, 4.69) is 54.2 Å². The van der Waals surface area contributed by atoms with E-state index in [0.717, 1.165) is 67.2 Å². The summed E-state index contributed by atoms with van der Waals surface area (Å²) >= 11 is 0. The molecular weight excluding hydrogens is 472 g/mol. The van der Waals surface area contributed by atoms with Crippen molar-refractivity contribution in [2.75, 3.05) is 5.32 Å². The molecular formula is C30H26N8. The Balaban J connectivity index is 1.25. The molecule has 1 saturated carbocycles. The normalized spacial score (nSPS) is 13.9. The van der Waals surface area contributed by atoms with Gasteiger partial charge in [0.1, 0.15) is 11.2 Å². The van der Waals surface area contributed by atoms with E-state index < -0.39 is 0 Å². The fraction of sp³-hybridized carbons (Fsp3) is 0.167. The molecule has 0 unspecified atom stereocenters. The zero-order chi connectivity index (χ0) is 25.5. The van der Waals surface area contributed by atoms with Gasteiger partial charge in [-0.05, 0) is 61.2 Å². The fourth-order valence-electron chi connectivity index (χ4n) is 5.37. The molecule has 6 aromatic heterocycles. The number of rotatable bonds is 6. The lowest BCUT2D eigenvalue weighted by Crippen LogP contribution is -2.07. The van der Waals surface area contributed by atoms with Crippen LogP contribution in [-0.2, 0) is 0 Å². The van der Waals surface area contributed by atoms with E-state index in [1.807, 2.05) is 48.9 Å². The molecule has 6 heterocycles. The molecule has 0 aromatic carbocycles. The van der Waals surface area contributed by atoms with Crippen LogP contribution in [-0.4, -0.2) is 35.1 Å². The second-order valence-electron chi connectivity index (χ2n) is 9.80. The summed E-state index contributed by atoms with van der Waals surface area (Å²) in [6, 6.07) is 14.1. The molecule has 8 heteroatoms. The van der Waals surface area contributed by atoms with Gasteiger partial charge in [0, 0.05) is 52.5 Å². The summed E-state index contributed by atoms with van der Waals surface area (Å²) in [6.45, 7) is 4.28. The average Bonchev–Trinajstić information content (AvgIpc) is 3.73. The van der Waals surface area contributed by atoms with E-state index in [0.29, 0.717) is 5.92 Å². The molecule has 0 radical (unpaired) electrons. The summed E-state index contributed by atoms with van der Waals surface area (Å²) in [5.41, 5.74) is 9.87. The molecule has 7 rings (SSSR count). The van der Waals surface area contributed by atoms with Crippen molar-refractivity contribution in [3.8, 4) is 33.9 Å². The molecule has 0 amide bonds. The number of hydrogen-bond donors (Lipinski definition) is 3. The minimum Gasteiger partial charge on any atom is -0.358 e. The molecule has 1 aliphatic carbocycles. The molecule has 0 saturated heterocycles. The van der Waals surface area contributed by atoms with E-state index in [1.165, 1.54) is 25.7 Å². The molecule has 186 valence electrons. The maximum absolute atomic E-state index is 5.00. The van der Waals surface area contributed by atoms with Crippen molar-refractivity contribution in [3.05, 3.63) is 85.7 Å². The van der Waals surface area contributed by atoms with Gasteiger partial charge in [-0.25, -0.2) is 4.98 Å². The summed E-state index contributed by atoms with van der Waals surface area (Å²) < 4.78 is 0. The Morgan fingerprint density at radius 1 is 0.895 bits per heavy atom. The first-order chi connectivity index (χ1) is 18.7. The number of hydrogen-bond acceptors (Lipinski definition) is 6. The molecule has 38 heavy (non-hydrogen) atoms. The lowest BCUT2D eigenvalue weighted by Gasteiger charge is -2.15. The van der Waals surface area contributed by atoms with E-state index >= 15 is 0 Å². The van der Waals surface area contributed by atoms with Gasteiger partial charge in [0.15, 0.2) is 0 Å². The number of pyridine rings is 4. The van der Waals surface area contributed by atoms with Crippen LogP contribution < -0.4 is 5.32 Å². The van der Waals surface area contributed by atoms with Gasteiger partial charge in [0.2, 0.25) is 0 Å². The van der Waals surface area contributed by atoms with Crippen LogP contribution in [0.5, 0.6) is 0 Å². The molecule has 0 aliphatic heterocycles. The number of allylic oxidation sites excluding steroid dienone is 1. The summed E-state index contributed by atoms with van der Waals surface area (Å²) in [4.78, 5) is 21.8. The van der Waals surface area contributed by atoms with E-state index in [1.54, 1.807) is 12.4 Å². The molecule has 1 fully saturated rings. The van der Waals surface area contributed by atoms with Crippen LogP contribution in [0.15, 0.2) is 85.7 Å². The van der Waals surface area contributed by atoms with E-state index in [9.17, 15) is 0 Å². The van der Waals surface area contributed by atoms with Crippen LogP contribution in [0.1, 0.15) is 25.7 Å². The van der Waals surface area contributed by atoms with Crippen molar-refractivity contribution in [1.29, 1.82) is 0 Å². The van der Waals surface area contributed by atoms with Gasteiger partial charge >= 0.3 is 0 Å². The third kappa shape index (κ3) is 4.00. The van der Waals surface area contributed by atoms with Gasteiger partial charge in [-0.3, -0.25) is 20.1 Å². The highest BCUT2D eigenvalue weighted by Gasteiger charge is 2.19. The number of aromatic nitrogens is 7. The number of nitrogens with zero attached hydrogens (tertiary/aromatic N) is 5. The van der Waals surface area contributed by atoms with Crippen molar-refractivity contribution >= 4 is 27.6 Å². The molecule has 0 atom stereocenters. The van der Waals surface area contributed by atoms with Crippen molar-refractivity contribution in [2.24, 2.45) is 5.92 Å². The first kappa shape index (κ1) is 22.4. The molecule has 0 spiro atoms. The number of H-pyrrole nitrogens is 2. The molecule has 3 N–H and O–H groups in total. The zero-order valence-electron chi connectivity index (χ0n) is 20.8. The Bertz CT molecular complexity index is 1780. The highest BCUT2D eigenvalue weighted by molar-refractivity contribution is 5.99. The second kappa shape index (κ2) is 9.23. The standard InChI is InChI=1S/C30H26N8/c1-18(19-5-2-3-6-19)34-22-13-21(16-32-17-22)24-8-9-26-29(36-24)30(38-37-26)27-14-23-25(35-27)10-12-33-28(23)20-7-4-11-31-15-20/h4,7-17,19,34-35H,1-3,5-6H2,(H,37,38). The lowest BCUT2D eigenvalue weighted by molar-refractivity contribution is 0.649. The van der Waals surface area contributed by atoms with Crippen LogP contribution >= 0.6 is 0 Å². The van der Waals surface area contributed by atoms with Crippen molar-refractivity contribution < 1.29 is 0 Å². The quantitative estimate of drug-likeness (QED) is 0.235. The fourth-order valence-corrected chi connectivity index (χ4v) is 5.37. The van der Waals surface area contributed by atoms with Gasteiger partial charge in [-0.1, -0.05) is 19.4 Å². The monoisotopic (exact) mass is 498 g/mol. The minimum atomic E-state index is 0.534. The van der Waals surface area contributed by atoms with Crippen LogP contribution in [0.3, 0.4) is 0 Å². The second-order valence-corrected chi connectivity index (χ2v) is 9.80. The first-order valence-electron chi connectivity index (χ1n) is 12.9. The number of aromatic amines is 2. The highest BCUT2D eigenvalue weighted by atomic mass is 15.1. The molecule has 8 nitrogen and oxygen atoms in total. The van der Waals surface area contributed by atoms with E-state index in [-0.39, 0.29) is 0 Å². The molecule has 0 bridgehead atoms. The van der Waals surface area contributed by atoms with Crippen LogP contribution in [0, 0.1) is 5.92 Å². The van der Waals surface area contributed by atoms with Crippen LogP contribution in [0.25, 0.3) is 55.8 Å². The van der Waals surface area contributed by atoms with Crippen molar-refractivity contribution in [1.82, 2.24) is 35.1 Å². The maximum Gasteiger partial charge on any atom is 0.135 e. The SMILES string of the molecule is C=C(Nc1cncc(-c2ccc3[nH]nc(-c4cc5c(-c6cccnc6)nccc5[nH]4)c3n2)c1)C1CCCC1. The molecule has 6 aromatic rings. The Labute approximate surface area is 219 Å². The summed E-state index contributed by atoms with van der Waals surface area (Å²) in [6.07, 6.45) is 14.0. The topological polar surface area (TPSA) is 108 Å². The first-order valence-corrected chi connectivity index (χ1v) is 12.9. The van der Waals surface area contributed by atoms with Gasteiger partial charge in [0.25, 0.3) is 0 Å². The average molecular weight is 499 g/mol. The lowest BCUT2D eigenvalue weighted by atomic mass is 10.0. The van der Waals surface area contributed by atoms with Crippen LogP contribution in [0.2, 0.25) is 0 Å². The van der Waals surface area contributed by atoms with Crippen molar-refractivity contribution in [2.45, 2.75) is 25.7 Å². The third-order valence-corrected chi connectivity index (χ3v) is 7.33. The van der Waals surface area contributed by atoms with Gasteiger partial charge in [0.05, 0.1) is 34.5 Å². The van der Waals surface area contributed by atoms with Crippen molar-refractivity contribution in [3.63, 3.8) is 0 Å². The smallest absolute Gasteiger partial charge is 0.135 e. The van der Waals surface area contributed by atoms with E-state index in [4.69, 9.17) is 4.98 Å². The highest BCUT2D eigenvalue weighted by Crippen LogP contribution is 2.34. The number of fused-ring (bicyclic) bond motifs is 2. The maximum atomic E-state index is 5.00. The summed E-state index contributed by atoms with van der Waals surface area (Å²) in [5, 5.41) is 12.2. The van der Waals surface area contributed by atoms with Crippen LogP contribution in [0.4, 0.5) is 5.69 Å². The largest absolute Gasteiger partial charge is 0.358 e. The van der Waals surface area contributed by atoms with Gasteiger partial charge in [-0.2, -0.15) is 5.10 Å². The predicted molar refractivity (Wildman–Crippen MR) is 150 cm³/mol. The third-order valence-electron chi connectivity index (χ3n) is 7.33. The predicted octanol–water partition coefficient (Wildman–Crippen LogP) is 6.74. The number of nitrogens with one attached hydrogen (secondary N) is 3.